The van der Waals surface area contributed by atoms with Crippen molar-refractivity contribution in [3.63, 3.8) is 0 Å². The molecule has 7 nitrogen and oxygen atoms in total. The van der Waals surface area contributed by atoms with Crippen LogP contribution in [0.1, 0.15) is 0 Å². The normalized spacial score (nSPS) is 10.9. The first-order valence-corrected chi connectivity index (χ1v) is 4.32. The Balaban J connectivity index is 2.19. The molecule has 15 heavy (non-hydrogen) atoms. The van der Waals surface area contributed by atoms with Crippen LogP contribution in [0.25, 0.3) is 22.8 Å². The van der Waals surface area contributed by atoms with Crippen LogP contribution >= 0.6 is 0 Å². The monoisotopic (exact) mass is 201 g/mol. The van der Waals surface area contributed by atoms with Gasteiger partial charge < -0.3 is 10.7 Å². The van der Waals surface area contributed by atoms with Gasteiger partial charge in [0.15, 0.2) is 17.3 Å². The van der Waals surface area contributed by atoms with Gasteiger partial charge in [-0.1, -0.05) is 0 Å². The molecule has 0 aromatic carbocycles. The third-order valence-electron chi connectivity index (χ3n) is 1.98. The second kappa shape index (κ2) is 2.77. The molecule has 0 saturated heterocycles. The molecule has 0 spiro atoms. The van der Waals surface area contributed by atoms with Crippen LogP contribution in [0.3, 0.4) is 0 Å². The number of imidazole rings is 1. The van der Waals surface area contributed by atoms with Crippen LogP contribution in [-0.2, 0) is 0 Å². The fourth-order valence-electron chi connectivity index (χ4n) is 1.34. The zero-order valence-corrected chi connectivity index (χ0v) is 7.60. The summed E-state index contributed by atoms with van der Waals surface area (Å²) in [5, 5.41) is 6.40. The number of aromatic amines is 2. The lowest BCUT2D eigenvalue weighted by molar-refractivity contribution is 1.09. The zero-order valence-electron chi connectivity index (χ0n) is 7.60. The van der Waals surface area contributed by atoms with Crippen LogP contribution in [0.4, 0.5) is 5.95 Å². The van der Waals surface area contributed by atoms with E-state index >= 15 is 0 Å². The predicted octanol–water partition coefficient (Wildman–Crippen LogP) is 0.325. The number of pyridine rings is 1. The molecule has 3 rings (SSSR count). The Morgan fingerprint density at radius 3 is 2.87 bits per heavy atom. The summed E-state index contributed by atoms with van der Waals surface area (Å²) in [6.07, 6.45) is 1.68. The van der Waals surface area contributed by atoms with Gasteiger partial charge in [-0.2, -0.15) is 4.98 Å². The van der Waals surface area contributed by atoms with Crippen molar-refractivity contribution in [1.29, 1.82) is 0 Å². The van der Waals surface area contributed by atoms with E-state index in [0.717, 1.165) is 5.52 Å². The molecule has 0 atom stereocenters. The zero-order chi connectivity index (χ0) is 10.3. The Kier molecular flexibility index (Phi) is 1.46. The lowest BCUT2D eigenvalue weighted by Crippen LogP contribution is -1.86. The number of nitrogens with two attached hydrogens (primary N) is 1. The van der Waals surface area contributed by atoms with Crippen molar-refractivity contribution in [3.8, 4) is 11.6 Å². The average molecular weight is 201 g/mol. The molecule has 3 aromatic heterocycles. The molecular weight excluding hydrogens is 194 g/mol. The first-order chi connectivity index (χ1) is 7.33. The standard InChI is InChI=1S/C8H7N7/c9-8-13-7(14-15-8)6-11-4-2-1-3-10-5(4)12-6/h1-3H,(H,10,11,12)(H3,9,13,14,15). The molecular formula is C8H7N7. The molecule has 4 N–H and O–H groups in total. The number of hydrogen-bond donors (Lipinski definition) is 3. The Morgan fingerprint density at radius 2 is 2.13 bits per heavy atom. The van der Waals surface area contributed by atoms with Crippen molar-refractivity contribution < 1.29 is 0 Å². The molecule has 0 aliphatic carbocycles. The van der Waals surface area contributed by atoms with Gasteiger partial charge in [-0.25, -0.2) is 9.97 Å². The van der Waals surface area contributed by atoms with Gasteiger partial charge in [0.25, 0.3) is 0 Å². The fourth-order valence-corrected chi connectivity index (χ4v) is 1.34. The fraction of sp³-hybridized carbons (Fsp3) is 0. The summed E-state index contributed by atoms with van der Waals surface area (Å²) in [5.74, 6) is 1.27. The number of H-pyrrole nitrogens is 2. The molecule has 0 bridgehead atoms. The van der Waals surface area contributed by atoms with E-state index in [1.54, 1.807) is 6.20 Å². The van der Waals surface area contributed by atoms with E-state index in [-0.39, 0.29) is 5.95 Å². The number of nitrogens with zero attached hydrogens (tertiary/aromatic N) is 4. The summed E-state index contributed by atoms with van der Waals surface area (Å²) in [6, 6.07) is 3.72. The number of nitrogens with one attached hydrogen (secondary N) is 2. The molecule has 0 saturated carbocycles. The minimum absolute atomic E-state index is 0.193. The summed E-state index contributed by atoms with van der Waals surface area (Å²) in [7, 11) is 0. The average Bonchev–Trinajstić information content (AvgIpc) is 2.82. The predicted molar refractivity (Wildman–Crippen MR) is 53.7 cm³/mol. The quantitative estimate of drug-likeness (QED) is 0.525. The molecule has 0 aliphatic rings. The molecule has 3 aromatic rings. The maximum absolute atomic E-state index is 5.40. The lowest BCUT2D eigenvalue weighted by atomic mass is 10.4. The van der Waals surface area contributed by atoms with Crippen LogP contribution in [0, 0.1) is 0 Å². The molecule has 7 heteroatoms. The maximum Gasteiger partial charge on any atom is 0.239 e. The third-order valence-corrected chi connectivity index (χ3v) is 1.98. The van der Waals surface area contributed by atoms with Gasteiger partial charge in [0.1, 0.15) is 0 Å². The number of nitrogen functional groups attached to an aromatic ring is 1. The van der Waals surface area contributed by atoms with Crippen LogP contribution in [0.2, 0.25) is 0 Å². The first-order valence-electron chi connectivity index (χ1n) is 4.32. The highest BCUT2D eigenvalue weighted by atomic mass is 15.3. The van der Waals surface area contributed by atoms with Gasteiger partial charge in [0, 0.05) is 6.20 Å². The van der Waals surface area contributed by atoms with E-state index in [0.29, 0.717) is 17.3 Å². The number of anilines is 1. The van der Waals surface area contributed by atoms with Crippen LogP contribution < -0.4 is 5.73 Å². The Labute approximate surface area is 83.8 Å². The minimum Gasteiger partial charge on any atom is -0.366 e. The lowest BCUT2D eigenvalue weighted by Gasteiger charge is -1.84. The van der Waals surface area contributed by atoms with Gasteiger partial charge in [0.2, 0.25) is 5.95 Å². The van der Waals surface area contributed by atoms with Crippen molar-refractivity contribution in [2.45, 2.75) is 0 Å². The van der Waals surface area contributed by atoms with E-state index in [1.165, 1.54) is 0 Å². The summed E-state index contributed by atoms with van der Waals surface area (Å²) in [4.78, 5) is 15.4. The minimum atomic E-state index is 0.193. The molecule has 0 amide bonds. The number of fused-ring (bicyclic) bond motifs is 1. The van der Waals surface area contributed by atoms with Crippen molar-refractivity contribution >= 4 is 17.1 Å². The molecule has 0 fully saturated rings. The second-order valence-corrected chi connectivity index (χ2v) is 3.00. The first kappa shape index (κ1) is 7.92. The number of rotatable bonds is 1. The molecule has 0 aliphatic heterocycles. The summed E-state index contributed by atoms with van der Waals surface area (Å²) in [5.41, 5.74) is 6.89. The molecule has 3 heterocycles. The van der Waals surface area contributed by atoms with E-state index in [4.69, 9.17) is 5.73 Å². The van der Waals surface area contributed by atoms with Crippen LogP contribution in [0.15, 0.2) is 18.3 Å². The smallest absolute Gasteiger partial charge is 0.239 e. The van der Waals surface area contributed by atoms with E-state index in [2.05, 4.69) is 30.1 Å². The van der Waals surface area contributed by atoms with Crippen molar-refractivity contribution in [1.82, 2.24) is 30.1 Å². The number of hydrogen-bond acceptors (Lipinski definition) is 5. The Hall–Kier alpha value is -2.44. The highest BCUT2D eigenvalue weighted by molar-refractivity contribution is 5.73. The molecule has 74 valence electrons. The van der Waals surface area contributed by atoms with Crippen molar-refractivity contribution in [2.24, 2.45) is 0 Å². The molecule has 0 unspecified atom stereocenters. The third kappa shape index (κ3) is 1.21. The van der Waals surface area contributed by atoms with Gasteiger partial charge in [-0.3, -0.25) is 5.10 Å². The van der Waals surface area contributed by atoms with Gasteiger partial charge >= 0.3 is 0 Å². The SMILES string of the molecule is Nc1n[nH]c(-c2nc3ncccc3[nH]2)n1. The summed E-state index contributed by atoms with van der Waals surface area (Å²) < 4.78 is 0. The highest BCUT2D eigenvalue weighted by Crippen LogP contribution is 2.15. The van der Waals surface area contributed by atoms with Crippen molar-refractivity contribution in [3.05, 3.63) is 18.3 Å². The van der Waals surface area contributed by atoms with Gasteiger partial charge in [-0.15, -0.1) is 5.10 Å². The number of aromatic nitrogens is 6. The second-order valence-electron chi connectivity index (χ2n) is 3.00. The Bertz CT molecular complexity index is 575. The maximum atomic E-state index is 5.40. The highest BCUT2D eigenvalue weighted by Gasteiger charge is 2.08. The topological polar surface area (TPSA) is 109 Å². The van der Waals surface area contributed by atoms with E-state index in [1.807, 2.05) is 12.1 Å². The molecule has 0 radical (unpaired) electrons. The van der Waals surface area contributed by atoms with E-state index in [9.17, 15) is 0 Å². The summed E-state index contributed by atoms with van der Waals surface area (Å²) >= 11 is 0. The largest absolute Gasteiger partial charge is 0.366 e. The van der Waals surface area contributed by atoms with E-state index < -0.39 is 0 Å². The van der Waals surface area contributed by atoms with Gasteiger partial charge in [0.05, 0.1) is 5.52 Å². The van der Waals surface area contributed by atoms with Crippen LogP contribution in [0.5, 0.6) is 0 Å². The van der Waals surface area contributed by atoms with Crippen LogP contribution in [-0.4, -0.2) is 30.1 Å². The Morgan fingerprint density at radius 1 is 1.20 bits per heavy atom. The van der Waals surface area contributed by atoms with Gasteiger partial charge in [-0.05, 0) is 12.1 Å². The van der Waals surface area contributed by atoms with Crippen molar-refractivity contribution in [2.75, 3.05) is 5.73 Å². The summed E-state index contributed by atoms with van der Waals surface area (Å²) in [6.45, 7) is 0.